The summed E-state index contributed by atoms with van der Waals surface area (Å²) in [5.41, 5.74) is 4.70. The van der Waals surface area contributed by atoms with E-state index in [1.165, 1.54) is 10.9 Å². The van der Waals surface area contributed by atoms with Gasteiger partial charge in [-0.1, -0.05) is 36.4 Å². The Labute approximate surface area is 164 Å². The smallest absolute Gasteiger partial charge is 0.269 e. The second-order valence-electron chi connectivity index (χ2n) is 6.66. The number of aromatic nitrogens is 2. The van der Waals surface area contributed by atoms with Crippen molar-refractivity contribution in [3.8, 4) is 0 Å². The Morgan fingerprint density at radius 2 is 1.82 bits per heavy atom. The number of anilines is 2. The van der Waals surface area contributed by atoms with Crippen LogP contribution in [0.1, 0.15) is 16.1 Å². The van der Waals surface area contributed by atoms with E-state index in [2.05, 4.69) is 27.4 Å². The van der Waals surface area contributed by atoms with Crippen molar-refractivity contribution < 1.29 is 4.79 Å². The Kier molecular flexibility index (Phi) is 5.06. The molecule has 0 saturated carbocycles. The summed E-state index contributed by atoms with van der Waals surface area (Å²) in [5, 5.41) is 4.17. The fourth-order valence-corrected chi connectivity index (χ4v) is 3.29. The third-order valence-corrected chi connectivity index (χ3v) is 4.86. The highest BCUT2D eigenvalue weighted by Gasteiger charge is 2.11. The van der Waals surface area contributed by atoms with E-state index in [9.17, 15) is 4.79 Å². The molecule has 0 radical (unpaired) electrons. The number of carbonyl (C=O) groups is 1. The zero-order valence-corrected chi connectivity index (χ0v) is 15.7. The predicted octanol–water partition coefficient (Wildman–Crippen LogP) is 4.30. The van der Waals surface area contributed by atoms with Gasteiger partial charge in [0.1, 0.15) is 5.69 Å². The number of aromatic amines is 1. The van der Waals surface area contributed by atoms with E-state index in [1.54, 1.807) is 6.20 Å². The van der Waals surface area contributed by atoms with Gasteiger partial charge in [-0.2, -0.15) is 0 Å². The zero-order valence-electron chi connectivity index (χ0n) is 15.7. The minimum Gasteiger partial charge on any atom is -0.361 e. The Morgan fingerprint density at radius 3 is 2.68 bits per heavy atom. The summed E-state index contributed by atoms with van der Waals surface area (Å²) in [4.78, 5) is 22.1. The highest BCUT2D eigenvalue weighted by Crippen LogP contribution is 2.23. The molecule has 5 heteroatoms. The number of nitrogens with one attached hydrogen (secondary N) is 2. The maximum absolute atomic E-state index is 12.5. The molecular weight excluding hydrogens is 348 g/mol. The highest BCUT2D eigenvalue weighted by atomic mass is 16.1. The number of hydrogen-bond donors (Lipinski definition) is 2. The molecule has 0 aliphatic rings. The predicted molar refractivity (Wildman–Crippen MR) is 113 cm³/mol. The van der Waals surface area contributed by atoms with Crippen LogP contribution in [0.5, 0.6) is 0 Å². The van der Waals surface area contributed by atoms with Gasteiger partial charge < -0.3 is 15.2 Å². The summed E-state index contributed by atoms with van der Waals surface area (Å²) in [6.45, 7) is 0.557. The number of rotatable bonds is 6. The maximum Gasteiger partial charge on any atom is 0.269 e. The first kappa shape index (κ1) is 17.8. The normalized spacial score (nSPS) is 10.8. The quantitative estimate of drug-likeness (QED) is 0.532. The molecule has 0 aliphatic carbocycles. The first-order valence-corrected chi connectivity index (χ1v) is 9.30. The van der Waals surface area contributed by atoms with Crippen LogP contribution in [0, 0.1) is 0 Å². The van der Waals surface area contributed by atoms with Crippen LogP contribution in [0.4, 0.5) is 11.4 Å². The van der Waals surface area contributed by atoms with Gasteiger partial charge in [0.2, 0.25) is 0 Å². The van der Waals surface area contributed by atoms with Gasteiger partial charge >= 0.3 is 0 Å². The Hall–Kier alpha value is -3.60. The van der Waals surface area contributed by atoms with Crippen molar-refractivity contribution in [2.24, 2.45) is 0 Å². The van der Waals surface area contributed by atoms with Gasteiger partial charge in [0.05, 0.1) is 0 Å². The van der Waals surface area contributed by atoms with E-state index in [0.29, 0.717) is 12.2 Å². The minimum atomic E-state index is -0.164. The molecule has 2 aromatic carbocycles. The molecule has 4 aromatic rings. The van der Waals surface area contributed by atoms with Crippen molar-refractivity contribution >= 4 is 28.2 Å². The Balaban J connectivity index is 1.41. The molecule has 2 aromatic heterocycles. The molecule has 28 heavy (non-hydrogen) atoms. The molecular formula is C23H22N4O. The average molecular weight is 370 g/mol. The fraction of sp³-hybridized carbons (Fsp3) is 0.130. The van der Waals surface area contributed by atoms with Crippen molar-refractivity contribution in [2.75, 3.05) is 18.5 Å². The number of benzene rings is 2. The van der Waals surface area contributed by atoms with Crippen molar-refractivity contribution in [1.29, 1.82) is 0 Å². The maximum atomic E-state index is 12.5. The third-order valence-electron chi connectivity index (χ3n) is 4.86. The standard InChI is InChI=1S/C23H22N4O/c1-27(18-7-3-2-4-8-18)19-12-14-24-22(15-19)23(28)25-13-11-17-16-26-21-10-6-5-9-20(17)21/h2-10,12,14-16,26H,11,13H2,1H3,(H,25,28). The van der Waals surface area contributed by atoms with Crippen molar-refractivity contribution in [3.63, 3.8) is 0 Å². The number of amides is 1. The lowest BCUT2D eigenvalue weighted by atomic mass is 10.1. The van der Waals surface area contributed by atoms with Crippen molar-refractivity contribution in [1.82, 2.24) is 15.3 Å². The highest BCUT2D eigenvalue weighted by molar-refractivity contribution is 5.93. The molecule has 0 saturated heterocycles. The number of carbonyl (C=O) groups excluding carboxylic acids is 1. The minimum absolute atomic E-state index is 0.164. The molecule has 4 rings (SSSR count). The molecule has 1 amide bonds. The third kappa shape index (κ3) is 3.74. The zero-order chi connectivity index (χ0) is 19.3. The summed E-state index contributed by atoms with van der Waals surface area (Å²) < 4.78 is 0. The van der Waals surface area contributed by atoms with E-state index >= 15 is 0 Å². The van der Waals surface area contributed by atoms with Gasteiger partial charge in [-0.25, -0.2) is 0 Å². The van der Waals surface area contributed by atoms with Crippen LogP contribution >= 0.6 is 0 Å². The fourth-order valence-electron chi connectivity index (χ4n) is 3.29. The van der Waals surface area contributed by atoms with Crippen LogP contribution in [0.3, 0.4) is 0 Å². The van der Waals surface area contributed by atoms with E-state index in [1.807, 2.05) is 72.7 Å². The topological polar surface area (TPSA) is 61.0 Å². The Morgan fingerprint density at radius 1 is 1.04 bits per heavy atom. The summed E-state index contributed by atoms with van der Waals surface area (Å²) >= 11 is 0. The average Bonchev–Trinajstić information content (AvgIpc) is 3.17. The van der Waals surface area contributed by atoms with Crippen LogP contribution in [0.25, 0.3) is 10.9 Å². The molecule has 2 N–H and O–H groups in total. The first-order chi connectivity index (χ1) is 13.7. The number of para-hydroxylation sites is 2. The molecule has 0 unspecified atom stereocenters. The van der Waals surface area contributed by atoms with Crippen molar-refractivity contribution in [3.05, 3.63) is 90.4 Å². The van der Waals surface area contributed by atoms with Gasteiger partial charge in [0.25, 0.3) is 5.91 Å². The summed E-state index contributed by atoms with van der Waals surface area (Å²) in [6.07, 6.45) is 4.44. The molecule has 2 heterocycles. The van der Waals surface area contributed by atoms with E-state index in [-0.39, 0.29) is 5.91 Å². The molecule has 0 bridgehead atoms. The lowest BCUT2D eigenvalue weighted by Gasteiger charge is -2.19. The van der Waals surface area contributed by atoms with Gasteiger partial charge in [0, 0.05) is 48.3 Å². The van der Waals surface area contributed by atoms with Gasteiger partial charge in [-0.05, 0) is 42.3 Å². The second kappa shape index (κ2) is 7.96. The van der Waals surface area contributed by atoms with Crippen LogP contribution < -0.4 is 10.2 Å². The largest absolute Gasteiger partial charge is 0.361 e. The molecule has 140 valence electrons. The molecule has 5 nitrogen and oxygen atoms in total. The van der Waals surface area contributed by atoms with E-state index in [4.69, 9.17) is 0 Å². The molecule has 0 fully saturated rings. The van der Waals surface area contributed by atoms with Crippen LogP contribution in [0.2, 0.25) is 0 Å². The van der Waals surface area contributed by atoms with E-state index < -0.39 is 0 Å². The monoisotopic (exact) mass is 370 g/mol. The number of H-pyrrole nitrogens is 1. The lowest BCUT2D eigenvalue weighted by molar-refractivity contribution is 0.0949. The summed E-state index contributed by atoms with van der Waals surface area (Å²) in [6, 6.07) is 21.9. The second-order valence-corrected chi connectivity index (χ2v) is 6.66. The number of fused-ring (bicyclic) bond motifs is 1. The molecule has 0 aliphatic heterocycles. The first-order valence-electron chi connectivity index (χ1n) is 9.30. The van der Waals surface area contributed by atoms with Gasteiger partial charge in [-0.15, -0.1) is 0 Å². The summed E-state index contributed by atoms with van der Waals surface area (Å²) in [5.74, 6) is -0.164. The van der Waals surface area contributed by atoms with Gasteiger partial charge in [0.15, 0.2) is 0 Å². The van der Waals surface area contributed by atoms with Crippen LogP contribution in [-0.2, 0) is 6.42 Å². The molecule has 0 atom stereocenters. The SMILES string of the molecule is CN(c1ccccc1)c1ccnc(C(=O)NCCc2c[nH]c3ccccc23)c1. The van der Waals surface area contributed by atoms with E-state index in [0.717, 1.165) is 23.3 Å². The molecule has 0 spiro atoms. The van der Waals surface area contributed by atoms with Crippen LogP contribution in [0.15, 0.2) is 79.1 Å². The Bertz CT molecular complexity index is 1090. The van der Waals surface area contributed by atoms with Crippen molar-refractivity contribution in [2.45, 2.75) is 6.42 Å². The summed E-state index contributed by atoms with van der Waals surface area (Å²) in [7, 11) is 1.98. The number of pyridine rings is 1. The number of nitrogens with zero attached hydrogens (tertiary/aromatic N) is 2. The number of hydrogen-bond acceptors (Lipinski definition) is 3. The lowest BCUT2D eigenvalue weighted by Crippen LogP contribution is -2.26. The van der Waals surface area contributed by atoms with Crippen LogP contribution in [-0.4, -0.2) is 29.5 Å². The van der Waals surface area contributed by atoms with Gasteiger partial charge in [-0.3, -0.25) is 9.78 Å².